The van der Waals surface area contributed by atoms with Crippen LogP contribution in [0.25, 0.3) is 0 Å². The summed E-state index contributed by atoms with van der Waals surface area (Å²) >= 11 is 0. The predicted octanol–water partition coefficient (Wildman–Crippen LogP) is 0.531. The quantitative estimate of drug-likeness (QED) is 0.878. The van der Waals surface area contributed by atoms with Crippen molar-refractivity contribution in [3.63, 3.8) is 0 Å². The minimum absolute atomic E-state index is 0.0999. The number of nitrogens with one attached hydrogen (secondary N) is 1. The molecule has 0 aromatic carbocycles. The summed E-state index contributed by atoms with van der Waals surface area (Å²) in [5.41, 5.74) is 0.326. The third kappa shape index (κ3) is 4.16. The van der Waals surface area contributed by atoms with Crippen LogP contribution in [0.5, 0.6) is 0 Å². The van der Waals surface area contributed by atoms with E-state index in [-0.39, 0.29) is 11.8 Å². The van der Waals surface area contributed by atoms with Crippen LogP contribution < -0.4 is 10.2 Å². The monoisotopic (exact) mass is 305 g/mol. The largest absolute Gasteiger partial charge is 0.352 e. The summed E-state index contributed by atoms with van der Waals surface area (Å²) < 4.78 is 0. The molecule has 7 heteroatoms. The van der Waals surface area contributed by atoms with E-state index < -0.39 is 0 Å². The Morgan fingerprint density at radius 1 is 1.18 bits per heavy atom. The third-order valence-corrected chi connectivity index (χ3v) is 3.60. The number of amides is 2. The second kappa shape index (κ2) is 7.20. The summed E-state index contributed by atoms with van der Waals surface area (Å²) in [5.74, 6) is 1.04. The van der Waals surface area contributed by atoms with Gasteiger partial charge in [0.2, 0.25) is 5.91 Å². The first-order valence-corrected chi connectivity index (χ1v) is 7.59. The molecule has 0 spiro atoms. The first-order chi connectivity index (χ1) is 10.5. The summed E-state index contributed by atoms with van der Waals surface area (Å²) in [6.45, 7) is 9.11. The van der Waals surface area contributed by atoms with Crippen molar-refractivity contribution in [3.05, 3.63) is 17.8 Å². The molecule has 0 unspecified atom stereocenters. The molecule has 1 aliphatic heterocycles. The van der Waals surface area contributed by atoms with Crippen LogP contribution in [0.15, 0.2) is 12.1 Å². The van der Waals surface area contributed by atoms with Gasteiger partial charge in [0.1, 0.15) is 0 Å². The summed E-state index contributed by atoms with van der Waals surface area (Å²) in [6.07, 6.45) is 0. The predicted molar refractivity (Wildman–Crippen MR) is 83.7 cm³/mol. The number of carbonyl (C=O) groups is 2. The van der Waals surface area contributed by atoms with E-state index >= 15 is 0 Å². The van der Waals surface area contributed by atoms with E-state index in [0.29, 0.717) is 31.2 Å². The Bertz CT molecular complexity index is 521. The summed E-state index contributed by atoms with van der Waals surface area (Å²) in [6, 6.07) is 3.50. The maximum absolute atomic E-state index is 11.9. The molecule has 22 heavy (non-hydrogen) atoms. The van der Waals surface area contributed by atoms with E-state index in [4.69, 9.17) is 0 Å². The number of rotatable bonds is 4. The molecule has 1 aromatic rings. The van der Waals surface area contributed by atoms with Crippen molar-refractivity contribution in [1.82, 2.24) is 20.4 Å². The fourth-order valence-corrected chi connectivity index (χ4v) is 2.25. The first-order valence-electron chi connectivity index (χ1n) is 7.59. The Morgan fingerprint density at radius 3 is 2.36 bits per heavy atom. The molecule has 0 atom stereocenters. The molecule has 0 radical (unpaired) electrons. The van der Waals surface area contributed by atoms with Crippen LogP contribution in [0.4, 0.5) is 5.82 Å². The lowest BCUT2D eigenvalue weighted by atomic mass is 10.2. The number of hydrogen-bond donors (Lipinski definition) is 1. The average Bonchev–Trinajstić information content (AvgIpc) is 2.53. The van der Waals surface area contributed by atoms with Gasteiger partial charge in [0, 0.05) is 39.6 Å². The second-order valence-electron chi connectivity index (χ2n) is 5.87. The van der Waals surface area contributed by atoms with Gasteiger partial charge >= 0.3 is 0 Å². The molecule has 0 aliphatic carbocycles. The van der Waals surface area contributed by atoms with E-state index in [1.165, 1.54) is 0 Å². The van der Waals surface area contributed by atoms with Crippen molar-refractivity contribution in [2.75, 3.05) is 37.6 Å². The van der Waals surface area contributed by atoms with Gasteiger partial charge < -0.3 is 15.1 Å². The number of carbonyl (C=O) groups excluding carboxylic acids is 2. The maximum atomic E-state index is 11.9. The molecular formula is C15H23N5O2. The standard InChI is InChI=1S/C15H23N5O2/c1-11(2)10-16-15(22)13-4-5-14(18-17-13)20-8-6-19(7-9-20)12(3)21/h4-5,11H,6-10H2,1-3H3,(H,16,22). The maximum Gasteiger partial charge on any atom is 0.271 e. The molecular weight excluding hydrogens is 282 g/mol. The molecule has 2 heterocycles. The van der Waals surface area contributed by atoms with Gasteiger partial charge in [-0.1, -0.05) is 13.8 Å². The van der Waals surface area contributed by atoms with Gasteiger partial charge in [-0.05, 0) is 18.1 Å². The first kappa shape index (κ1) is 16.2. The molecule has 2 rings (SSSR count). The highest BCUT2D eigenvalue weighted by Crippen LogP contribution is 2.12. The zero-order chi connectivity index (χ0) is 16.1. The molecule has 7 nitrogen and oxygen atoms in total. The van der Waals surface area contributed by atoms with Gasteiger partial charge in [0.25, 0.3) is 5.91 Å². The van der Waals surface area contributed by atoms with Crippen molar-refractivity contribution in [1.29, 1.82) is 0 Å². The minimum atomic E-state index is -0.200. The summed E-state index contributed by atoms with van der Waals surface area (Å²) in [4.78, 5) is 27.1. The van der Waals surface area contributed by atoms with Crippen LogP contribution in [0.3, 0.4) is 0 Å². The summed E-state index contributed by atoms with van der Waals surface area (Å²) in [7, 11) is 0. The Balaban J connectivity index is 1.92. The van der Waals surface area contributed by atoms with E-state index in [2.05, 4.69) is 20.4 Å². The van der Waals surface area contributed by atoms with Crippen LogP contribution in [-0.2, 0) is 4.79 Å². The number of aromatic nitrogens is 2. The SMILES string of the molecule is CC(=O)N1CCN(c2ccc(C(=O)NCC(C)C)nn2)CC1. The molecule has 2 amide bonds. The molecule has 0 saturated carbocycles. The van der Waals surface area contributed by atoms with Gasteiger partial charge in [-0.3, -0.25) is 9.59 Å². The van der Waals surface area contributed by atoms with E-state index in [0.717, 1.165) is 18.9 Å². The number of hydrogen-bond acceptors (Lipinski definition) is 5. The van der Waals surface area contributed by atoms with Crippen LogP contribution in [0.2, 0.25) is 0 Å². The van der Waals surface area contributed by atoms with Crippen molar-refractivity contribution < 1.29 is 9.59 Å². The number of nitrogens with zero attached hydrogens (tertiary/aromatic N) is 4. The fourth-order valence-electron chi connectivity index (χ4n) is 2.25. The van der Waals surface area contributed by atoms with Crippen LogP contribution >= 0.6 is 0 Å². The van der Waals surface area contributed by atoms with Crippen molar-refractivity contribution in [3.8, 4) is 0 Å². The lowest BCUT2D eigenvalue weighted by molar-refractivity contribution is -0.129. The molecule has 1 aromatic heterocycles. The number of piperazine rings is 1. The zero-order valence-electron chi connectivity index (χ0n) is 13.4. The Hall–Kier alpha value is -2.18. The van der Waals surface area contributed by atoms with Gasteiger partial charge in [-0.2, -0.15) is 0 Å². The lowest BCUT2D eigenvalue weighted by Crippen LogP contribution is -2.48. The normalized spacial score (nSPS) is 15.1. The topological polar surface area (TPSA) is 78.4 Å². The molecule has 0 bridgehead atoms. The van der Waals surface area contributed by atoms with E-state index in [1.807, 2.05) is 18.7 Å². The molecule has 1 aliphatic rings. The van der Waals surface area contributed by atoms with E-state index in [1.54, 1.807) is 19.1 Å². The average molecular weight is 305 g/mol. The smallest absolute Gasteiger partial charge is 0.271 e. The molecule has 1 saturated heterocycles. The highest BCUT2D eigenvalue weighted by Gasteiger charge is 2.20. The van der Waals surface area contributed by atoms with E-state index in [9.17, 15) is 9.59 Å². The zero-order valence-corrected chi connectivity index (χ0v) is 13.4. The van der Waals surface area contributed by atoms with Gasteiger partial charge in [-0.25, -0.2) is 0 Å². The van der Waals surface area contributed by atoms with Crippen molar-refractivity contribution in [2.45, 2.75) is 20.8 Å². The fraction of sp³-hybridized carbons (Fsp3) is 0.600. The van der Waals surface area contributed by atoms with Crippen LogP contribution in [0, 0.1) is 5.92 Å². The van der Waals surface area contributed by atoms with Gasteiger partial charge in [0.15, 0.2) is 11.5 Å². The summed E-state index contributed by atoms with van der Waals surface area (Å²) in [5, 5.41) is 11.0. The second-order valence-corrected chi connectivity index (χ2v) is 5.87. The Morgan fingerprint density at radius 2 is 1.86 bits per heavy atom. The Kier molecular flexibility index (Phi) is 5.30. The van der Waals surface area contributed by atoms with Crippen LogP contribution in [-0.4, -0.2) is 59.6 Å². The van der Waals surface area contributed by atoms with Crippen LogP contribution in [0.1, 0.15) is 31.3 Å². The molecule has 120 valence electrons. The molecule has 1 fully saturated rings. The van der Waals surface area contributed by atoms with Crippen molar-refractivity contribution in [2.24, 2.45) is 5.92 Å². The van der Waals surface area contributed by atoms with Gasteiger partial charge in [0.05, 0.1) is 0 Å². The van der Waals surface area contributed by atoms with Crippen molar-refractivity contribution >= 4 is 17.6 Å². The highest BCUT2D eigenvalue weighted by molar-refractivity contribution is 5.92. The van der Waals surface area contributed by atoms with Gasteiger partial charge in [-0.15, -0.1) is 10.2 Å². The Labute approximate surface area is 130 Å². The lowest BCUT2D eigenvalue weighted by Gasteiger charge is -2.34. The third-order valence-electron chi connectivity index (χ3n) is 3.60. The number of anilines is 1. The highest BCUT2D eigenvalue weighted by atomic mass is 16.2. The molecule has 1 N–H and O–H groups in total. The minimum Gasteiger partial charge on any atom is -0.352 e.